The van der Waals surface area contributed by atoms with Crippen LogP contribution in [0.5, 0.6) is 0 Å². The quantitative estimate of drug-likeness (QED) is 0.753. The number of carbonyl (C=O) groups is 2. The summed E-state index contributed by atoms with van der Waals surface area (Å²) in [6, 6.07) is 5.59. The van der Waals surface area contributed by atoms with Crippen LogP contribution in [0.3, 0.4) is 0 Å². The van der Waals surface area contributed by atoms with E-state index in [9.17, 15) is 9.59 Å². The van der Waals surface area contributed by atoms with Crippen molar-refractivity contribution in [2.75, 3.05) is 7.05 Å². The molecule has 4 nitrogen and oxygen atoms in total. The molecule has 0 saturated carbocycles. The maximum absolute atomic E-state index is 11.6. The number of hydrogen-bond acceptors (Lipinski definition) is 3. The highest BCUT2D eigenvalue weighted by molar-refractivity contribution is 5.83. The summed E-state index contributed by atoms with van der Waals surface area (Å²) in [4.78, 5) is 28.1. The van der Waals surface area contributed by atoms with Crippen LogP contribution in [0.2, 0.25) is 0 Å². The van der Waals surface area contributed by atoms with Gasteiger partial charge < -0.3 is 9.69 Å². The van der Waals surface area contributed by atoms with Gasteiger partial charge in [0.05, 0.1) is 12.2 Å². The smallest absolute Gasteiger partial charge is 0.223 e. The van der Waals surface area contributed by atoms with E-state index in [1.54, 1.807) is 18.1 Å². The molecule has 1 heterocycles. The molecular weight excluding hydrogens is 204 g/mol. The molecule has 0 radical (unpaired) electrons. The highest BCUT2D eigenvalue weighted by Crippen LogP contribution is 2.02. The Bertz CT molecular complexity index is 363. The zero-order chi connectivity index (χ0) is 12.0. The second kappa shape index (κ2) is 6.00. The van der Waals surface area contributed by atoms with Crippen molar-refractivity contribution >= 4 is 11.7 Å². The predicted octanol–water partition coefficient (Wildman–Crippen LogP) is 1.41. The van der Waals surface area contributed by atoms with Gasteiger partial charge in [-0.15, -0.1) is 0 Å². The molecule has 0 saturated heterocycles. The van der Waals surface area contributed by atoms with Crippen molar-refractivity contribution < 1.29 is 9.59 Å². The fraction of sp³-hybridized carbons (Fsp3) is 0.417. The molecule has 16 heavy (non-hydrogen) atoms. The fourth-order valence-corrected chi connectivity index (χ4v) is 1.30. The summed E-state index contributed by atoms with van der Waals surface area (Å²) in [7, 11) is 1.72. The van der Waals surface area contributed by atoms with Gasteiger partial charge in [0.1, 0.15) is 5.78 Å². The third kappa shape index (κ3) is 4.21. The first-order valence-electron chi connectivity index (χ1n) is 5.23. The monoisotopic (exact) mass is 220 g/mol. The summed E-state index contributed by atoms with van der Waals surface area (Å²) in [6.07, 6.45) is 2.28. The molecule has 0 aliphatic rings. The SMILES string of the molecule is CC(=O)CCC(=O)N(C)Cc1ccccn1. The molecule has 0 spiro atoms. The third-order valence-electron chi connectivity index (χ3n) is 2.24. The first kappa shape index (κ1) is 12.4. The second-order valence-corrected chi connectivity index (χ2v) is 3.77. The van der Waals surface area contributed by atoms with E-state index in [0.29, 0.717) is 13.0 Å². The van der Waals surface area contributed by atoms with Crippen molar-refractivity contribution in [2.24, 2.45) is 0 Å². The van der Waals surface area contributed by atoms with E-state index in [0.717, 1.165) is 5.69 Å². The maximum atomic E-state index is 11.6. The highest BCUT2D eigenvalue weighted by Gasteiger charge is 2.10. The average Bonchev–Trinajstić information content (AvgIpc) is 2.27. The van der Waals surface area contributed by atoms with Crippen LogP contribution in [0.25, 0.3) is 0 Å². The molecule has 4 heteroatoms. The lowest BCUT2D eigenvalue weighted by Gasteiger charge is -2.16. The summed E-state index contributed by atoms with van der Waals surface area (Å²) < 4.78 is 0. The van der Waals surface area contributed by atoms with Gasteiger partial charge in [0.2, 0.25) is 5.91 Å². The average molecular weight is 220 g/mol. The van der Waals surface area contributed by atoms with Gasteiger partial charge in [-0.1, -0.05) is 6.07 Å². The van der Waals surface area contributed by atoms with Crippen LogP contribution in [0.4, 0.5) is 0 Å². The Hall–Kier alpha value is -1.71. The van der Waals surface area contributed by atoms with E-state index >= 15 is 0 Å². The Labute approximate surface area is 95.3 Å². The van der Waals surface area contributed by atoms with Crippen LogP contribution in [0.1, 0.15) is 25.5 Å². The van der Waals surface area contributed by atoms with Crippen LogP contribution in [0.15, 0.2) is 24.4 Å². The van der Waals surface area contributed by atoms with Crippen LogP contribution < -0.4 is 0 Å². The van der Waals surface area contributed by atoms with Gasteiger partial charge in [-0.2, -0.15) is 0 Å². The minimum absolute atomic E-state index is 0.0270. The van der Waals surface area contributed by atoms with Crippen molar-refractivity contribution in [3.05, 3.63) is 30.1 Å². The van der Waals surface area contributed by atoms with Gasteiger partial charge in [-0.3, -0.25) is 9.78 Å². The van der Waals surface area contributed by atoms with Crippen LogP contribution in [-0.4, -0.2) is 28.6 Å². The van der Waals surface area contributed by atoms with Crippen LogP contribution in [-0.2, 0) is 16.1 Å². The fourth-order valence-electron chi connectivity index (χ4n) is 1.30. The van der Waals surface area contributed by atoms with E-state index in [-0.39, 0.29) is 18.1 Å². The standard InChI is InChI=1S/C12H16N2O2/c1-10(15)6-7-12(16)14(2)9-11-5-3-4-8-13-11/h3-5,8H,6-7,9H2,1-2H3. The maximum Gasteiger partial charge on any atom is 0.223 e. The summed E-state index contributed by atoms with van der Waals surface area (Å²) in [6.45, 7) is 1.98. The Morgan fingerprint density at radius 2 is 2.06 bits per heavy atom. The first-order chi connectivity index (χ1) is 7.59. The van der Waals surface area contributed by atoms with Crippen LogP contribution in [0, 0.1) is 0 Å². The topological polar surface area (TPSA) is 50.3 Å². The van der Waals surface area contributed by atoms with E-state index in [4.69, 9.17) is 0 Å². The minimum atomic E-state index is -0.0270. The van der Waals surface area contributed by atoms with Crippen LogP contribution >= 0.6 is 0 Å². The second-order valence-electron chi connectivity index (χ2n) is 3.77. The third-order valence-corrected chi connectivity index (χ3v) is 2.24. The van der Waals surface area contributed by atoms with Crippen molar-refractivity contribution in [3.63, 3.8) is 0 Å². The molecule has 0 N–H and O–H groups in total. The van der Waals surface area contributed by atoms with E-state index in [1.807, 2.05) is 18.2 Å². The molecule has 1 aromatic heterocycles. The minimum Gasteiger partial charge on any atom is -0.340 e. The largest absolute Gasteiger partial charge is 0.340 e. The number of carbonyl (C=O) groups excluding carboxylic acids is 2. The number of amides is 1. The summed E-state index contributed by atoms with van der Waals surface area (Å²) in [5.41, 5.74) is 0.848. The molecule has 0 atom stereocenters. The van der Waals surface area contributed by atoms with Crippen molar-refractivity contribution in [1.29, 1.82) is 0 Å². The lowest BCUT2D eigenvalue weighted by atomic mass is 10.2. The van der Waals surface area contributed by atoms with Gasteiger partial charge in [0, 0.05) is 26.1 Å². The molecule has 1 aromatic rings. The Morgan fingerprint density at radius 3 is 2.62 bits per heavy atom. The van der Waals surface area contributed by atoms with Gasteiger partial charge in [-0.05, 0) is 19.1 Å². The number of hydrogen-bond donors (Lipinski definition) is 0. The Morgan fingerprint density at radius 1 is 1.31 bits per heavy atom. The number of ketones is 1. The molecule has 0 bridgehead atoms. The van der Waals surface area contributed by atoms with E-state index in [1.165, 1.54) is 6.92 Å². The first-order valence-corrected chi connectivity index (χ1v) is 5.23. The summed E-state index contributed by atoms with van der Waals surface area (Å²) >= 11 is 0. The zero-order valence-electron chi connectivity index (χ0n) is 9.64. The summed E-state index contributed by atoms with van der Waals surface area (Å²) in [5.74, 6) is 0.0143. The summed E-state index contributed by atoms with van der Waals surface area (Å²) in [5, 5.41) is 0. The molecule has 0 aromatic carbocycles. The van der Waals surface area contributed by atoms with E-state index < -0.39 is 0 Å². The van der Waals surface area contributed by atoms with Crippen molar-refractivity contribution in [2.45, 2.75) is 26.3 Å². The lowest BCUT2D eigenvalue weighted by Crippen LogP contribution is -2.26. The number of Topliss-reactive ketones (excluding diaryl/α,β-unsaturated/α-hetero) is 1. The van der Waals surface area contributed by atoms with Gasteiger partial charge >= 0.3 is 0 Å². The molecule has 0 aliphatic carbocycles. The molecule has 1 rings (SSSR count). The molecule has 0 aliphatic heterocycles. The number of aromatic nitrogens is 1. The predicted molar refractivity (Wildman–Crippen MR) is 60.6 cm³/mol. The lowest BCUT2D eigenvalue weighted by molar-refractivity contribution is -0.132. The molecule has 86 valence electrons. The normalized spacial score (nSPS) is 9.88. The molecule has 0 unspecified atom stereocenters. The van der Waals surface area contributed by atoms with Gasteiger partial charge in [0.15, 0.2) is 0 Å². The van der Waals surface area contributed by atoms with E-state index in [2.05, 4.69) is 4.98 Å². The zero-order valence-corrected chi connectivity index (χ0v) is 9.64. The highest BCUT2D eigenvalue weighted by atomic mass is 16.2. The van der Waals surface area contributed by atoms with Crippen molar-refractivity contribution in [1.82, 2.24) is 9.88 Å². The number of rotatable bonds is 5. The molecular formula is C12H16N2O2. The van der Waals surface area contributed by atoms with Gasteiger partial charge in [-0.25, -0.2) is 0 Å². The number of nitrogens with zero attached hydrogens (tertiary/aromatic N) is 2. The molecule has 1 amide bonds. The Kier molecular flexibility index (Phi) is 4.64. The number of pyridine rings is 1. The Balaban J connectivity index is 2.43. The van der Waals surface area contributed by atoms with Crippen molar-refractivity contribution in [3.8, 4) is 0 Å². The molecule has 0 fully saturated rings. The van der Waals surface area contributed by atoms with Gasteiger partial charge in [0.25, 0.3) is 0 Å².